The number of hydrazine groups is 1. The van der Waals surface area contributed by atoms with Gasteiger partial charge in [-0.25, -0.2) is 9.80 Å². The number of amides is 3. The summed E-state index contributed by atoms with van der Waals surface area (Å²) in [7, 11) is 0. The van der Waals surface area contributed by atoms with Crippen molar-refractivity contribution >= 4 is 17.9 Å². The van der Waals surface area contributed by atoms with Crippen LogP contribution in [0.25, 0.3) is 0 Å². The van der Waals surface area contributed by atoms with Gasteiger partial charge in [-0.3, -0.25) is 15.0 Å². The van der Waals surface area contributed by atoms with Gasteiger partial charge in [-0.2, -0.15) is 0 Å². The first-order valence-corrected chi connectivity index (χ1v) is 13.9. The summed E-state index contributed by atoms with van der Waals surface area (Å²) in [6.07, 6.45) is 1.97. The Bertz CT molecular complexity index is 1060. The van der Waals surface area contributed by atoms with Crippen LogP contribution in [0.5, 0.6) is 0 Å². The maximum Gasteiger partial charge on any atom is 0.408 e. The second-order valence-electron chi connectivity index (χ2n) is 11.7. The van der Waals surface area contributed by atoms with Gasteiger partial charge in [0.25, 0.3) is 5.91 Å². The molecular formula is C31H44N4O4. The number of piperidine rings is 1. The van der Waals surface area contributed by atoms with Crippen LogP contribution in [-0.2, 0) is 20.7 Å². The third-order valence-electron chi connectivity index (χ3n) is 6.66. The molecule has 0 unspecified atom stereocenters. The lowest BCUT2D eigenvalue weighted by Crippen LogP contribution is -2.58. The molecule has 8 nitrogen and oxygen atoms in total. The fourth-order valence-corrected chi connectivity index (χ4v) is 4.77. The van der Waals surface area contributed by atoms with Crippen molar-refractivity contribution in [3.05, 3.63) is 71.8 Å². The van der Waals surface area contributed by atoms with Crippen LogP contribution in [-0.4, -0.2) is 53.7 Å². The molecule has 1 aliphatic rings. The predicted molar refractivity (Wildman–Crippen MR) is 153 cm³/mol. The number of nitrogens with zero attached hydrogens (tertiary/aromatic N) is 1. The molecule has 2 aromatic rings. The van der Waals surface area contributed by atoms with Crippen LogP contribution in [0.3, 0.4) is 0 Å². The van der Waals surface area contributed by atoms with Crippen LogP contribution in [0.1, 0.15) is 70.9 Å². The molecule has 3 amide bonds. The SMILES string of the molecule is CC(C)C[C@@H](NC(=O)OC(C)(C)C)C(=O)N[C@@H](Cc1ccccc1)C(=O)NN1CCC(c2ccccc2)CC1. The molecule has 1 aliphatic heterocycles. The smallest absolute Gasteiger partial charge is 0.408 e. The lowest BCUT2D eigenvalue weighted by molar-refractivity contribution is -0.133. The van der Waals surface area contributed by atoms with E-state index in [1.54, 1.807) is 20.8 Å². The molecule has 0 aromatic heterocycles. The molecule has 3 N–H and O–H groups in total. The summed E-state index contributed by atoms with van der Waals surface area (Å²) < 4.78 is 5.37. The highest BCUT2D eigenvalue weighted by Crippen LogP contribution is 2.27. The third kappa shape index (κ3) is 10.4. The van der Waals surface area contributed by atoms with Crippen molar-refractivity contribution in [3.63, 3.8) is 0 Å². The van der Waals surface area contributed by atoms with Crippen molar-refractivity contribution in [1.82, 2.24) is 21.1 Å². The molecule has 2 aromatic carbocycles. The minimum absolute atomic E-state index is 0.142. The lowest BCUT2D eigenvalue weighted by atomic mass is 9.90. The van der Waals surface area contributed by atoms with E-state index in [2.05, 4.69) is 40.3 Å². The van der Waals surface area contributed by atoms with E-state index in [0.29, 0.717) is 18.8 Å². The van der Waals surface area contributed by atoms with Gasteiger partial charge in [-0.05, 0) is 63.0 Å². The van der Waals surface area contributed by atoms with Crippen LogP contribution < -0.4 is 16.1 Å². The number of nitrogens with one attached hydrogen (secondary N) is 3. The second-order valence-corrected chi connectivity index (χ2v) is 11.7. The number of carbonyl (C=O) groups is 3. The van der Waals surface area contributed by atoms with Gasteiger partial charge in [0.15, 0.2) is 0 Å². The maximum absolute atomic E-state index is 13.5. The highest BCUT2D eigenvalue weighted by Gasteiger charge is 2.30. The Morgan fingerprint density at radius 1 is 0.872 bits per heavy atom. The lowest BCUT2D eigenvalue weighted by Gasteiger charge is -2.33. The number of rotatable bonds is 10. The summed E-state index contributed by atoms with van der Waals surface area (Å²) in [5, 5.41) is 7.56. The van der Waals surface area contributed by atoms with Crippen molar-refractivity contribution in [2.45, 2.75) is 83.9 Å². The van der Waals surface area contributed by atoms with E-state index in [1.807, 2.05) is 55.3 Å². The standard InChI is InChI=1S/C31H44N4O4/c1-22(2)20-26(33-30(38)39-31(3,4)5)28(36)32-27(21-23-12-8-6-9-13-23)29(37)34-35-18-16-25(17-19-35)24-14-10-7-11-15-24/h6-15,22,25-27H,16-21H2,1-5H3,(H,32,36)(H,33,38)(H,34,37)/t26-,27+/m1/s1. The summed E-state index contributed by atoms with van der Waals surface area (Å²) in [6, 6.07) is 18.4. The fraction of sp³-hybridized carbons (Fsp3) is 0.516. The maximum atomic E-state index is 13.5. The first-order valence-electron chi connectivity index (χ1n) is 13.9. The van der Waals surface area contributed by atoms with Crippen molar-refractivity contribution < 1.29 is 19.1 Å². The Hall–Kier alpha value is -3.39. The Morgan fingerprint density at radius 3 is 2.03 bits per heavy atom. The first-order chi connectivity index (χ1) is 18.5. The van der Waals surface area contributed by atoms with E-state index in [4.69, 9.17) is 4.74 Å². The van der Waals surface area contributed by atoms with Crippen molar-refractivity contribution in [3.8, 4) is 0 Å². The molecule has 2 atom stereocenters. The Labute approximate surface area is 232 Å². The van der Waals surface area contributed by atoms with Crippen molar-refractivity contribution in [2.75, 3.05) is 13.1 Å². The minimum Gasteiger partial charge on any atom is -0.444 e. The molecule has 8 heteroatoms. The summed E-state index contributed by atoms with van der Waals surface area (Å²) in [5.74, 6) is -0.0720. The van der Waals surface area contributed by atoms with E-state index in [-0.39, 0.29) is 11.8 Å². The zero-order valence-corrected chi connectivity index (χ0v) is 23.9. The highest BCUT2D eigenvalue weighted by molar-refractivity contribution is 5.91. The van der Waals surface area contributed by atoms with Crippen molar-refractivity contribution in [2.24, 2.45) is 5.92 Å². The third-order valence-corrected chi connectivity index (χ3v) is 6.66. The first kappa shape index (κ1) is 30.2. The van der Waals surface area contributed by atoms with E-state index in [1.165, 1.54) is 5.56 Å². The van der Waals surface area contributed by atoms with Crippen LogP contribution >= 0.6 is 0 Å². The number of benzene rings is 2. The normalized spacial score (nSPS) is 16.3. The monoisotopic (exact) mass is 536 g/mol. The Balaban J connectivity index is 1.67. The zero-order chi connectivity index (χ0) is 28.4. The van der Waals surface area contributed by atoms with Gasteiger partial charge in [0, 0.05) is 19.5 Å². The Kier molecular flexibility index (Phi) is 10.9. The minimum atomic E-state index is -0.826. The summed E-state index contributed by atoms with van der Waals surface area (Å²) in [4.78, 5) is 39.3. The van der Waals surface area contributed by atoms with Crippen molar-refractivity contribution in [1.29, 1.82) is 0 Å². The van der Waals surface area contributed by atoms with Crippen LogP contribution in [0.15, 0.2) is 60.7 Å². The van der Waals surface area contributed by atoms with E-state index in [0.717, 1.165) is 31.5 Å². The predicted octanol–water partition coefficient (Wildman–Crippen LogP) is 4.56. The Morgan fingerprint density at radius 2 is 1.46 bits per heavy atom. The fourth-order valence-electron chi connectivity index (χ4n) is 4.77. The zero-order valence-electron chi connectivity index (χ0n) is 23.9. The van der Waals surface area contributed by atoms with Gasteiger partial charge in [0.2, 0.25) is 5.91 Å². The average Bonchev–Trinajstić information content (AvgIpc) is 2.88. The number of hydrogen-bond donors (Lipinski definition) is 3. The second kappa shape index (κ2) is 14.1. The number of alkyl carbamates (subject to hydrolysis) is 1. The average molecular weight is 537 g/mol. The van der Waals surface area contributed by atoms with Gasteiger partial charge in [0.05, 0.1) is 0 Å². The van der Waals surface area contributed by atoms with Crippen LogP contribution in [0.2, 0.25) is 0 Å². The quantitative estimate of drug-likeness (QED) is 0.413. The largest absolute Gasteiger partial charge is 0.444 e. The molecule has 0 aliphatic carbocycles. The molecule has 1 saturated heterocycles. The molecule has 0 bridgehead atoms. The van der Waals surface area contributed by atoms with E-state index >= 15 is 0 Å². The number of carbonyl (C=O) groups excluding carboxylic acids is 3. The molecular weight excluding hydrogens is 492 g/mol. The van der Waals surface area contributed by atoms with Crippen LogP contribution in [0, 0.1) is 5.92 Å². The molecule has 1 fully saturated rings. The molecule has 0 saturated carbocycles. The molecule has 3 rings (SSSR count). The van der Waals surface area contributed by atoms with Crippen LogP contribution in [0.4, 0.5) is 4.79 Å². The molecule has 1 heterocycles. The molecule has 0 spiro atoms. The number of hydrogen-bond acceptors (Lipinski definition) is 5. The highest BCUT2D eigenvalue weighted by atomic mass is 16.6. The summed E-state index contributed by atoms with van der Waals surface area (Å²) in [5.41, 5.74) is 4.60. The summed E-state index contributed by atoms with van der Waals surface area (Å²) >= 11 is 0. The summed E-state index contributed by atoms with van der Waals surface area (Å²) in [6.45, 7) is 10.7. The van der Waals surface area contributed by atoms with E-state index in [9.17, 15) is 14.4 Å². The van der Waals surface area contributed by atoms with Gasteiger partial charge >= 0.3 is 6.09 Å². The number of ether oxygens (including phenoxy) is 1. The van der Waals surface area contributed by atoms with Gasteiger partial charge in [0.1, 0.15) is 17.7 Å². The van der Waals surface area contributed by atoms with Gasteiger partial charge in [-0.1, -0.05) is 74.5 Å². The van der Waals surface area contributed by atoms with E-state index < -0.39 is 29.7 Å². The van der Waals surface area contributed by atoms with Gasteiger partial charge < -0.3 is 15.4 Å². The molecule has 0 radical (unpaired) electrons. The molecule has 212 valence electrons. The van der Waals surface area contributed by atoms with Gasteiger partial charge in [-0.15, -0.1) is 0 Å². The molecule has 39 heavy (non-hydrogen) atoms. The topological polar surface area (TPSA) is 99.8 Å².